The van der Waals surface area contributed by atoms with Crippen LogP contribution in [0.1, 0.15) is 16.9 Å². The Hall–Kier alpha value is -2.57. The standard InChI is InChI=1S/C19H18ClN3O3/c20-17-12-5-1-2-6-13(12)22-18(17)19(24)23-14-11-25-10-8-15(14)26-16-7-3-4-9-21-16/h1-7,9,14-15,22H,8,10-11H2,(H,23,24)/t14-,15-/m1/s1. The number of fused-ring (bicyclic) bond motifs is 1. The molecule has 1 fully saturated rings. The maximum absolute atomic E-state index is 12.7. The predicted octanol–water partition coefficient (Wildman–Crippen LogP) is 3.18. The van der Waals surface area contributed by atoms with Crippen LogP contribution in [0, 0.1) is 0 Å². The van der Waals surface area contributed by atoms with E-state index >= 15 is 0 Å². The number of nitrogens with zero attached hydrogens (tertiary/aromatic N) is 1. The summed E-state index contributed by atoms with van der Waals surface area (Å²) in [6, 6.07) is 12.7. The molecule has 1 amide bonds. The molecule has 2 N–H and O–H groups in total. The summed E-state index contributed by atoms with van der Waals surface area (Å²) in [5.74, 6) is 0.249. The summed E-state index contributed by atoms with van der Waals surface area (Å²) in [4.78, 5) is 20.0. The van der Waals surface area contributed by atoms with Gasteiger partial charge in [0.2, 0.25) is 5.88 Å². The number of pyridine rings is 1. The van der Waals surface area contributed by atoms with Gasteiger partial charge < -0.3 is 19.8 Å². The summed E-state index contributed by atoms with van der Waals surface area (Å²) >= 11 is 6.37. The lowest BCUT2D eigenvalue weighted by Gasteiger charge is -2.31. The Bertz CT molecular complexity index is 913. The Kier molecular flexibility index (Phi) is 4.77. The molecule has 6 nitrogen and oxygen atoms in total. The minimum atomic E-state index is -0.291. The van der Waals surface area contributed by atoms with Crippen LogP contribution < -0.4 is 10.1 Å². The highest BCUT2D eigenvalue weighted by Gasteiger charge is 2.30. The molecule has 0 saturated carbocycles. The zero-order valence-corrected chi connectivity index (χ0v) is 14.7. The fourth-order valence-corrected chi connectivity index (χ4v) is 3.37. The van der Waals surface area contributed by atoms with E-state index in [4.69, 9.17) is 21.1 Å². The molecular weight excluding hydrogens is 354 g/mol. The minimum Gasteiger partial charge on any atom is -0.472 e. The number of rotatable bonds is 4. The number of amides is 1. The van der Waals surface area contributed by atoms with Crippen LogP contribution in [0.5, 0.6) is 5.88 Å². The van der Waals surface area contributed by atoms with Gasteiger partial charge in [0, 0.05) is 29.6 Å². The Balaban J connectivity index is 1.52. The predicted molar refractivity (Wildman–Crippen MR) is 98.7 cm³/mol. The Morgan fingerprint density at radius 2 is 2.12 bits per heavy atom. The number of aromatic amines is 1. The quantitative estimate of drug-likeness (QED) is 0.738. The van der Waals surface area contributed by atoms with Gasteiger partial charge in [-0.3, -0.25) is 4.79 Å². The Morgan fingerprint density at radius 1 is 1.27 bits per heavy atom. The number of H-pyrrole nitrogens is 1. The number of halogens is 1. The van der Waals surface area contributed by atoms with E-state index in [0.717, 1.165) is 10.9 Å². The SMILES string of the molecule is O=C(N[C@@H]1COCC[C@H]1Oc1ccccn1)c1[nH]c2ccccc2c1Cl. The van der Waals surface area contributed by atoms with E-state index in [1.165, 1.54) is 0 Å². The molecule has 3 aromatic rings. The van der Waals surface area contributed by atoms with E-state index in [1.807, 2.05) is 36.4 Å². The average Bonchev–Trinajstić information content (AvgIpc) is 3.01. The molecule has 0 radical (unpaired) electrons. The molecule has 1 aromatic carbocycles. The first-order valence-electron chi connectivity index (χ1n) is 8.45. The molecule has 4 rings (SSSR count). The summed E-state index contributed by atoms with van der Waals surface area (Å²) in [5, 5.41) is 4.21. The molecule has 0 aliphatic carbocycles. The first-order valence-corrected chi connectivity index (χ1v) is 8.82. The molecule has 0 spiro atoms. The number of hydrogen-bond donors (Lipinski definition) is 2. The highest BCUT2D eigenvalue weighted by Crippen LogP contribution is 2.27. The van der Waals surface area contributed by atoms with Crippen LogP contribution in [-0.4, -0.2) is 41.2 Å². The lowest BCUT2D eigenvalue weighted by atomic mass is 10.1. The minimum absolute atomic E-state index is 0.217. The highest BCUT2D eigenvalue weighted by atomic mass is 35.5. The van der Waals surface area contributed by atoms with Crippen molar-refractivity contribution in [1.82, 2.24) is 15.3 Å². The van der Waals surface area contributed by atoms with Crippen molar-refractivity contribution in [3.8, 4) is 5.88 Å². The Morgan fingerprint density at radius 3 is 2.92 bits per heavy atom. The molecule has 1 saturated heterocycles. The Labute approximate surface area is 155 Å². The van der Waals surface area contributed by atoms with E-state index < -0.39 is 0 Å². The summed E-state index contributed by atoms with van der Waals surface area (Å²) < 4.78 is 11.5. The second-order valence-electron chi connectivity index (χ2n) is 6.13. The van der Waals surface area contributed by atoms with E-state index in [9.17, 15) is 4.79 Å². The van der Waals surface area contributed by atoms with Gasteiger partial charge in [0.25, 0.3) is 5.91 Å². The second kappa shape index (κ2) is 7.35. The molecule has 2 atom stereocenters. The summed E-state index contributed by atoms with van der Waals surface area (Å²) in [6.07, 6.45) is 2.12. The van der Waals surface area contributed by atoms with Crippen molar-refractivity contribution in [3.63, 3.8) is 0 Å². The van der Waals surface area contributed by atoms with Crippen molar-refractivity contribution in [2.24, 2.45) is 0 Å². The molecule has 0 unspecified atom stereocenters. The fourth-order valence-electron chi connectivity index (χ4n) is 3.07. The zero-order chi connectivity index (χ0) is 17.9. The van der Waals surface area contributed by atoms with Crippen molar-refractivity contribution in [2.45, 2.75) is 18.6 Å². The lowest BCUT2D eigenvalue weighted by molar-refractivity contribution is -0.00453. The van der Waals surface area contributed by atoms with Crippen LogP contribution in [0.2, 0.25) is 5.02 Å². The molecule has 7 heteroatoms. The van der Waals surface area contributed by atoms with Crippen molar-refractivity contribution in [1.29, 1.82) is 0 Å². The number of carbonyl (C=O) groups excluding carboxylic acids is 1. The van der Waals surface area contributed by atoms with Gasteiger partial charge in [-0.15, -0.1) is 0 Å². The third kappa shape index (κ3) is 3.38. The molecule has 0 bridgehead atoms. The van der Waals surface area contributed by atoms with Crippen LogP contribution in [-0.2, 0) is 4.74 Å². The van der Waals surface area contributed by atoms with Crippen molar-refractivity contribution >= 4 is 28.4 Å². The molecule has 134 valence electrons. The van der Waals surface area contributed by atoms with Crippen molar-refractivity contribution in [3.05, 3.63) is 59.4 Å². The number of benzene rings is 1. The summed E-state index contributed by atoms with van der Waals surface area (Å²) in [7, 11) is 0. The number of para-hydroxylation sites is 1. The van der Waals surface area contributed by atoms with Gasteiger partial charge in [0.15, 0.2) is 0 Å². The largest absolute Gasteiger partial charge is 0.472 e. The first-order chi connectivity index (χ1) is 12.7. The third-order valence-corrected chi connectivity index (χ3v) is 4.78. The van der Waals surface area contributed by atoms with Crippen LogP contribution >= 0.6 is 11.6 Å². The fraction of sp³-hybridized carbons (Fsp3) is 0.263. The molecule has 1 aliphatic rings. The molecule has 26 heavy (non-hydrogen) atoms. The van der Waals surface area contributed by atoms with E-state index in [0.29, 0.717) is 36.2 Å². The summed E-state index contributed by atoms with van der Waals surface area (Å²) in [5.41, 5.74) is 1.17. The van der Waals surface area contributed by atoms with Crippen LogP contribution in [0.15, 0.2) is 48.7 Å². The van der Waals surface area contributed by atoms with Gasteiger partial charge in [-0.25, -0.2) is 4.98 Å². The van der Waals surface area contributed by atoms with E-state index in [1.54, 1.807) is 12.3 Å². The molecule has 3 heterocycles. The molecule has 1 aliphatic heterocycles. The first kappa shape index (κ1) is 16.9. The van der Waals surface area contributed by atoms with Gasteiger partial charge in [-0.2, -0.15) is 0 Å². The van der Waals surface area contributed by atoms with Gasteiger partial charge in [0.05, 0.1) is 24.3 Å². The number of nitrogens with one attached hydrogen (secondary N) is 2. The van der Waals surface area contributed by atoms with Gasteiger partial charge in [-0.1, -0.05) is 35.9 Å². The second-order valence-corrected chi connectivity index (χ2v) is 6.51. The smallest absolute Gasteiger partial charge is 0.269 e. The lowest BCUT2D eigenvalue weighted by Crippen LogP contribution is -2.52. The third-order valence-electron chi connectivity index (χ3n) is 4.39. The maximum atomic E-state index is 12.7. The van der Waals surface area contributed by atoms with Gasteiger partial charge in [0.1, 0.15) is 11.8 Å². The van der Waals surface area contributed by atoms with Crippen molar-refractivity contribution < 1.29 is 14.3 Å². The topological polar surface area (TPSA) is 76.2 Å². The normalized spacial score (nSPS) is 20.0. The van der Waals surface area contributed by atoms with Gasteiger partial charge >= 0.3 is 0 Å². The van der Waals surface area contributed by atoms with E-state index in [-0.39, 0.29) is 18.1 Å². The van der Waals surface area contributed by atoms with Crippen LogP contribution in [0.25, 0.3) is 10.9 Å². The molecular formula is C19H18ClN3O3. The number of hydrogen-bond acceptors (Lipinski definition) is 4. The molecule has 2 aromatic heterocycles. The summed E-state index contributed by atoms with van der Waals surface area (Å²) in [6.45, 7) is 0.956. The van der Waals surface area contributed by atoms with Crippen molar-refractivity contribution in [2.75, 3.05) is 13.2 Å². The number of carbonyl (C=O) groups is 1. The number of ether oxygens (including phenoxy) is 2. The highest BCUT2D eigenvalue weighted by molar-refractivity contribution is 6.38. The number of aromatic nitrogens is 2. The monoisotopic (exact) mass is 371 g/mol. The van der Waals surface area contributed by atoms with Crippen LogP contribution in [0.3, 0.4) is 0 Å². The van der Waals surface area contributed by atoms with E-state index in [2.05, 4.69) is 15.3 Å². The zero-order valence-electron chi connectivity index (χ0n) is 13.9. The average molecular weight is 372 g/mol. The van der Waals surface area contributed by atoms with Gasteiger partial charge in [-0.05, 0) is 12.1 Å². The maximum Gasteiger partial charge on any atom is 0.269 e. The van der Waals surface area contributed by atoms with Crippen LogP contribution in [0.4, 0.5) is 0 Å².